The van der Waals surface area contributed by atoms with Gasteiger partial charge < -0.3 is 10.5 Å². The molecule has 0 atom stereocenters. The van der Waals surface area contributed by atoms with Gasteiger partial charge in [0.25, 0.3) is 0 Å². The number of hydrogen-bond donors (Lipinski definition) is 2. The molecular weight excluding hydrogens is 258 g/mol. The van der Waals surface area contributed by atoms with Crippen LogP contribution in [-0.4, -0.2) is 16.3 Å². The number of nitrogens with zero attached hydrogens (tertiary/aromatic N) is 1. The van der Waals surface area contributed by atoms with E-state index < -0.39 is 0 Å². The SMILES string of the molecule is CC(C)Oc1cc(Br)cc2[nH]nc(N)c12. The molecule has 0 aliphatic rings. The molecule has 0 saturated carbocycles. The first-order chi connectivity index (χ1) is 7.08. The number of fused-ring (bicyclic) bond motifs is 1. The van der Waals surface area contributed by atoms with Gasteiger partial charge in [-0.3, -0.25) is 5.10 Å². The van der Waals surface area contributed by atoms with E-state index >= 15 is 0 Å². The number of nitrogens with one attached hydrogen (secondary N) is 1. The van der Waals surface area contributed by atoms with Crippen molar-refractivity contribution in [1.82, 2.24) is 10.2 Å². The molecular formula is C10H12BrN3O. The molecule has 1 aromatic heterocycles. The predicted octanol–water partition coefficient (Wildman–Crippen LogP) is 2.69. The zero-order valence-corrected chi connectivity index (χ0v) is 10.1. The Balaban J connectivity index is 2.63. The fourth-order valence-corrected chi connectivity index (χ4v) is 1.89. The van der Waals surface area contributed by atoms with Crippen molar-refractivity contribution in [1.29, 1.82) is 0 Å². The smallest absolute Gasteiger partial charge is 0.156 e. The first kappa shape index (κ1) is 10.3. The molecule has 4 nitrogen and oxygen atoms in total. The largest absolute Gasteiger partial charge is 0.490 e. The van der Waals surface area contributed by atoms with E-state index in [1.54, 1.807) is 0 Å². The first-order valence-corrected chi connectivity index (χ1v) is 5.47. The van der Waals surface area contributed by atoms with Crippen LogP contribution in [0.5, 0.6) is 5.75 Å². The van der Waals surface area contributed by atoms with Crippen LogP contribution in [0.3, 0.4) is 0 Å². The number of nitrogens with two attached hydrogens (primary N) is 1. The fourth-order valence-electron chi connectivity index (χ4n) is 1.46. The number of aromatic amines is 1. The number of H-pyrrole nitrogens is 1. The number of anilines is 1. The highest BCUT2D eigenvalue weighted by atomic mass is 79.9. The van der Waals surface area contributed by atoms with Gasteiger partial charge in [-0.15, -0.1) is 0 Å². The molecule has 0 aliphatic carbocycles. The zero-order chi connectivity index (χ0) is 11.0. The van der Waals surface area contributed by atoms with Gasteiger partial charge in [-0.05, 0) is 26.0 Å². The average Bonchev–Trinajstić information content (AvgIpc) is 2.46. The van der Waals surface area contributed by atoms with Gasteiger partial charge >= 0.3 is 0 Å². The lowest BCUT2D eigenvalue weighted by Gasteiger charge is -2.11. The molecule has 5 heteroatoms. The van der Waals surface area contributed by atoms with Gasteiger partial charge in [0.2, 0.25) is 0 Å². The van der Waals surface area contributed by atoms with Crippen LogP contribution in [0.1, 0.15) is 13.8 Å². The first-order valence-electron chi connectivity index (χ1n) is 4.67. The lowest BCUT2D eigenvalue weighted by Crippen LogP contribution is -2.06. The van der Waals surface area contributed by atoms with Crippen molar-refractivity contribution in [2.24, 2.45) is 0 Å². The van der Waals surface area contributed by atoms with Crippen LogP contribution < -0.4 is 10.5 Å². The third kappa shape index (κ3) is 1.92. The number of nitrogen functional groups attached to an aromatic ring is 1. The van der Waals surface area contributed by atoms with Crippen molar-refractivity contribution in [2.45, 2.75) is 20.0 Å². The number of ether oxygens (including phenoxy) is 1. The zero-order valence-electron chi connectivity index (χ0n) is 8.54. The molecule has 0 aliphatic heterocycles. The number of rotatable bonds is 2. The van der Waals surface area contributed by atoms with E-state index in [1.807, 2.05) is 26.0 Å². The Bertz CT molecular complexity index is 493. The molecule has 80 valence electrons. The molecule has 1 aromatic carbocycles. The Labute approximate surface area is 95.9 Å². The Hall–Kier alpha value is -1.23. The van der Waals surface area contributed by atoms with E-state index in [-0.39, 0.29) is 6.10 Å². The molecule has 15 heavy (non-hydrogen) atoms. The summed E-state index contributed by atoms with van der Waals surface area (Å²) in [6.45, 7) is 3.95. The quantitative estimate of drug-likeness (QED) is 0.881. The lowest BCUT2D eigenvalue weighted by molar-refractivity contribution is 0.245. The van der Waals surface area contributed by atoms with Crippen molar-refractivity contribution in [3.63, 3.8) is 0 Å². The molecule has 0 amide bonds. The Morgan fingerprint density at radius 1 is 1.47 bits per heavy atom. The molecule has 0 spiro atoms. The molecule has 0 unspecified atom stereocenters. The van der Waals surface area contributed by atoms with E-state index in [4.69, 9.17) is 10.5 Å². The van der Waals surface area contributed by atoms with Gasteiger partial charge in [-0.25, -0.2) is 0 Å². The maximum atomic E-state index is 5.77. The predicted molar refractivity (Wildman–Crippen MR) is 64.0 cm³/mol. The van der Waals surface area contributed by atoms with Gasteiger partial charge in [0.05, 0.1) is 17.0 Å². The van der Waals surface area contributed by atoms with Crippen LogP contribution in [0.25, 0.3) is 10.9 Å². The van der Waals surface area contributed by atoms with Crippen LogP contribution in [0.4, 0.5) is 5.82 Å². The minimum Gasteiger partial charge on any atom is -0.490 e. The van der Waals surface area contributed by atoms with Crippen LogP contribution in [0, 0.1) is 0 Å². The van der Waals surface area contributed by atoms with Gasteiger partial charge in [-0.1, -0.05) is 15.9 Å². The molecule has 2 rings (SSSR count). The maximum Gasteiger partial charge on any atom is 0.156 e. The highest BCUT2D eigenvalue weighted by molar-refractivity contribution is 9.10. The second kappa shape index (κ2) is 3.73. The van der Waals surface area contributed by atoms with Gasteiger partial charge in [0.1, 0.15) is 5.75 Å². The van der Waals surface area contributed by atoms with Crippen molar-refractivity contribution in [3.8, 4) is 5.75 Å². The second-order valence-electron chi connectivity index (χ2n) is 3.60. The number of halogens is 1. The third-order valence-corrected chi connectivity index (χ3v) is 2.44. The third-order valence-electron chi connectivity index (χ3n) is 1.98. The average molecular weight is 270 g/mol. The normalized spacial score (nSPS) is 11.2. The van der Waals surface area contributed by atoms with E-state index in [0.717, 1.165) is 21.1 Å². The fraction of sp³-hybridized carbons (Fsp3) is 0.300. The summed E-state index contributed by atoms with van der Waals surface area (Å²) >= 11 is 3.41. The maximum absolute atomic E-state index is 5.77. The summed E-state index contributed by atoms with van der Waals surface area (Å²) in [5.74, 6) is 1.22. The summed E-state index contributed by atoms with van der Waals surface area (Å²) in [5, 5.41) is 7.65. The monoisotopic (exact) mass is 269 g/mol. The minimum atomic E-state index is 0.108. The van der Waals surface area contributed by atoms with Crippen LogP contribution in [0.15, 0.2) is 16.6 Å². The molecule has 0 bridgehead atoms. The summed E-state index contributed by atoms with van der Waals surface area (Å²) in [6, 6.07) is 3.82. The number of hydrogen-bond acceptors (Lipinski definition) is 3. The van der Waals surface area contributed by atoms with Crippen molar-refractivity contribution >= 4 is 32.7 Å². The summed E-state index contributed by atoms with van der Waals surface area (Å²) in [6.07, 6.45) is 0.108. The van der Waals surface area contributed by atoms with Gasteiger partial charge in [0.15, 0.2) is 5.82 Å². The van der Waals surface area contributed by atoms with Crippen LogP contribution >= 0.6 is 15.9 Å². The van der Waals surface area contributed by atoms with Gasteiger partial charge in [0, 0.05) is 4.47 Å². The second-order valence-corrected chi connectivity index (χ2v) is 4.52. The molecule has 2 aromatic rings. The van der Waals surface area contributed by atoms with Crippen molar-refractivity contribution in [3.05, 3.63) is 16.6 Å². The molecule has 0 saturated heterocycles. The van der Waals surface area contributed by atoms with Crippen LogP contribution in [-0.2, 0) is 0 Å². The Morgan fingerprint density at radius 3 is 2.87 bits per heavy atom. The summed E-state index contributed by atoms with van der Waals surface area (Å²) in [5.41, 5.74) is 6.64. The summed E-state index contributed by atoms with van der Waals surface area (Å²) in [7, 11) is 0. The summed E-state index contributed by atoms with van der Waals surface area (Å²) < 4.78 is 6.62. The van der Waals surface area contributed by atoms with Crippen molar-refractivity contribution < 1.29 is 4.74 Å². The van der Waals surface area contributed by atoms with Crippen LogP contribution in [0.2, 0.25) is 0 Å². The van der Waals surface area contributed by atoms with Gasteiger partial charge in [-0.2, -0.15) is 5.10 Å². The molecule has 1 heterocycles. The Morgan fingerprint density at radius 2 is 2.20 bits per heavy atom. The summed E-state index contributed by atoms with van der Waals surface area (Å²) in [4.78, 5) is 0. The van der Waals surface area contributed by atoms with Crippen molar-refractivity contribution in [2.75, 3.05) is 5.73 Å². The van der Waals surface area contributed by atoms with E-state index in [9.17, 15) is 0 Å². The van der Waals surface area contributed by atoms with E-state index in [2.05, 4.69) is 26.1 Å². The number of benzene rings is 1. The Kier molecular flexibility index (Phi) is 2.56. The molecule has 0 fully saturated rings. The van der Waals surface area contributed by atoms with E-state index in [1.165, 1.54) is 0 Å². The highest BCUT2D eigenvalue weighted by Crippen LogP contribution is 2.33. The van der Waals surface area contributed by atoms with E-state index in [0.29, 0.717) is 5.82 Å². The lowest BCUT2D eigenvalue weighted by atomic mass is 10.2. The molecule has 3 N–H and O–H groups in total. The molecule has 0 radical (unpaired) electrons. The minimum absolute atomic E-state index is 0.108. The number of aromatic nitrogens is 2. The topological polar surface area (TPSA) is 63.9 Å². The highest BCUT2D eigenvalue weighted by Gasteiger charge is 2.11. The standard InChI is InChI=1S/C10H12BrN3O/c1-5(2)15-8-4-6(11)3-7-9(8)10(12)14-13-7/h3-5H,1-2H3,(H3,12,13,14).